The van der Waals surface area contributed by atoms with Crippen LogP contribution in [0.15, 0.2) is 24.3 Å². The summed E-state index contributed by atoms with van der Waals surface area (Å²) in [5.41, 5.74) is 1.68. The van der Waals surface area contributed by atoms with Crippen LogP contribution >= 0.6 is 24.4 Å². The first kappa shape index (κ1) is 23.8. The van der Waals surface area contributed by atoms with Crippen molar-refractivity contribution in [1.29, 1.82) is 0 Å². The Morgan fingerprint density at radius 1 is 1.20 bits per heavy atom. The number of H-pyrrole nitrogens is 1. The van der Waals surface area contributed by atoms with Crippen LogP contribution in [0.3, 0.4) is 0 Å². The number of imidazole rings is 1. The molecule has 0 unspecified atom stereocenters. The van der Waals surface area contributed by atoms with Gasteiger partial charge in [0.1, 0.15) is 0 Å². The summed E-state index contributed by atoms with van der Waals surface area (Å²) in [6.07, 6.45) is -0.538. The number of aromatic amines is 1. The first-order valence-electron chi connectivity index (χ1n) is 6.61. The van der Waals surface area contributed by atoms with Crippen molar-refractivity contribution >= 4 is 81.4 Å². The van der Waals surface area contributed by atoms with Gasteiger partial charge in [-0.25, -0.2) is 9.78 Å². The summed E-state index contributed by atoms with van der Waals surface area (Å²) >= 11 is 18.4. The molecule has 0 aliphatic carbocycles. The molecule has 0 radical (unpaired) electrons. The number of aromatic nitrogens is 2. The van der Waals surface area contributed by atoms with Crippen molar-refractivity contribution in [3.63, 3.8) is 0 Å². The molecule has 1 aromatic carbocycles. The monoisotopic (exact) mass is 465 g/mol. The van der Waals surface area contributed by atoms with Gasteiger partial charge < -0.3 is 70.0 Å². The van der Waals surface area contributed by atoms with E-state index in [9.17, 15) is 4.79 Å². The normalized spacial score (nSPS) is 9.00. The minimum atomic E-state index is -0.538. The van der Waals surface area contributed by atoms with Gasteiger partial charge in [0.05, 0.1) is 18.1 Å². The molecule has 0 fully saturated rings. The summed E-state index contributed by atoms with van der Waals surface area (Å²) in [5, 5.41) is 8.01. The smallest absolute Gasteiger partial charge is 0.453 e. The molecule has 0 saturated carbocycles. The number of ether oxygens (including phenoxy) is 1. The van der Waals surface area contributed by atoms with Gasteiger partial charge >= 0.3 is 25.6 Å². The summed E-state index contributed by atoms with van der Waals surface area (Å²) in [6, 6.07) is 7.51. The number of hydrogen-bond acceptors (Lipinski definition) is 7. The van der Waals surface area contributed by atoms with Crippen LogP contribution in [-0.4, -0.2) is 44.9 Å². The van der Waals surface area contributed by atoms with Gasteiger partial charge in [-0.3, -0.25) is 5.32 Å². The molecular weight excluding hydrogens is 452 g/mol. The van der Waals surface area contributed by atoms with Gasteiger partial charge in [0.15, 0.2) is 0 Å². The maximum atomic E-state index is 10.9. The fourth-order valence-electron chi connectivity index (χ4n) is 1.49. The molecule has 1 amide bonds. The molecule has 0 spiro atoms. The number of anilines is 1. The predicted molar refractivity (Wildman–Crippen MR) is 108 cm³/mol. The van der Waals surface area contributed by atoms with Crippen molar-refractivity contribution in [3.8, 4) is 0 Å². The summed E-state index contributed by atoms with van der Waals surface area (Å²) in [4.78, 5) is 17.9. The molecule has 2 aromatic rings. The molecular formula is C13H15N5O2S4Zn. The molecule has 1 heterocycles. The van der Waals surface area contributed by atoms with E-state index in [1.807, 2.05) is 24.3 Å². The minimum Gasteiger partial charge on any atom is -0.453 e. The van der Waals surface area contributed by atoms with Crippen molar-refractivity contribution < 1.29 is 29.0 Å². The largest absolute Gasteiger partial charge is 2.00 e. The SMILES string of the molecule is COC(=O)Nc1nc2ccccc2[nH]1.S=C([S-])NCCNC(=S)[S-].[Zn+2]. The second-order valence-electron chi connectivity index (χ2n) is 4.15. The van der Waals surface area contributed by atoms with E-state index in [0.717, 1.165) is 11.0 Å². The van der Waals surface area contributed by atoms with Crippen molar-refractivity contribution in [2.75, 3.05) is 25.5 Å². The zero-order valence-corrected chi connectivity index (χ0v) is 19.6. The molecule has 0 aliphatic rings. The summed E-state index contributed by atoms with van der Waals surface area (Å²) in [7, 11) is 1.30. The van der Waals surface area contributed by atoms with Crippen molar-refractivity contribution in [2.45, 2.75) is 0 Å². The second kappa shape index (κ2) is 13.1. The Bertz CT molecular complexity index is 664. The average Bonchev–Trinajstić information content (AvgIpc) is 2.94. The van der Waals surface area contributed by atoms with Crippen LogP contribution in [0.2, 0.25) is 0 Å². The van der Waals surface area contributed by atoms with Gasteiger partial charge in [-0.2, -0.15) is 0 Å². The van der Waals surface area contributed by atoms with Gasteiger partial charge in [-0.1, -0.05) is 20.8 Å². The fourth-order valence-corrected chi connectivity index (χ4v) is 1.90. The Labute approximate surface area is 180 Å². The number of carbonyl (C=O) groups is 1. The maximum Gasteiger partial charge on any atom is 2.00 e. The molecule has 4 N–H and O–H groups in total. The van der Waals surface area contributed by atoms with E-state index in [-0.39, 0.29) is 19.5 Å². The van der Waals surface area contributed by atoms with Crippen LogP contribution in [0.4, 0.5) is 10.7 Å². The number of carbonyl (C=O) groups excluding carboxylic acids is 1. The molecule has 12 heteroatoms. The van der Waals surface area contributed by atoms with Crippen LogP contribution in [0.25, 0.3) is 11.0 Å². The molecule has 0 aliphatic heterocycles. The molecule has 0 bridgehead atoms. The quantitative estimate of drug-likeness (QED) is 0.232. The Morgan fingerprint density at radius 2 is 1.76 bits per heavy atom. The Morgan fingerprint density at radius 3 is 2.24 bits per heavy atom. The first-order chi connectivity index (χ1) is 11.4. The Hall–Kier alpha value is -1.20. The van der Waals surface area contributed by atoms with Gasteiger partial charge in [-0.15, -0.1) is 0 Å². The fraction of sp³-hybridized carbons (Fsp3) is 0.231. The molecule has 7 nitrogen and oxygen atoms in total. The van der Waals surface area contributed by atoms with Gasteiger partial charge in [0.25, 0.3) is 0 Å². The molecule has 0 atom stereocenters. The van der Waals surface area contributed by atoms with Gasteiger partial charge in [-0.05, 0) is 12.1 Å². The van der Waals surface area contributed by atoms with Crippen LogP contribution in [-0.2, 0) is 49.5 Å². The van der Waals surface area contributed by atoms with Crippen LogP contribution in [0, 0.1) is 0 Å². The number of amides is 1. The number of nitrogens with one attached hydrogen (secondary N) is 4. The third-order valence-electron chi connectivity index (χ3n) is 2.46. The van der Waals surface area contributed by atoms with Gasteiger partial charge in [0.2, 0.25) is 5.95 Å². The molecule has 2 rings (SSSR count). The number of thiocarbonyl (C=S) groups is 2. The molecule has 0 saturated heterocycles. The Kier molecular flexibility index (Phi) is 12.4. The summed E-state index contributed by atoms with van der Waals surface area (Å²) in [5.74, 6) is 0.387. The Balaban J connectivity index is 0.000000471. The first-order valence-corrected chi connectivity index (χ1v) is 8.25. The molecule has 130 valence electrons. The number of methoxy groups -OCH3 is 1. The van der Waals surface area contributed by atoms with Crippen LogP contribution in [0.5, 0.6) is 0 Å². The minimum absolute atomic E-state index is 0. The number of nitrogens with zero attached hydrogens (tertiary/aromatic N) is 1. The maximum absolute atomic E-state index is 10.9. The standard InChI is InChI=1S/C9H9N3O2.C4H8N2S4.Zn/c1-14-9(13)12-8-10-6-4-2-3-5-7(6)11-8;7-3(8)5-1-2-6-4(9)10;/h2-5H,1H3,(H2,10,11,12,13);1-2H2,(H2,5,7,8)(H2,6,9,10);/q;;+2/p-2. The zero-order chi connectivity index (χ0) is 17.9. The predicted octanol–water partition coefficient (Wildman–Crippen LogP) is 1.57. The van der Waals surface area contributed by atoms with Crippen LogP contribution in [0.1, 0.15) is 0 Å². The van der Waals surface area contributed by atoms with Crippen molar-refractivity contribution in [2.24, 2.45) is 0 Å². The number of hydrogen-bond donors (Lipinski definition) is 4. The summed E-state index contributed by atoms with van der Waals surface area (Å²) in [6.45, 7) is 1.33. The van der Waals surface area contributed by atoms with E-state index < -0.39 is 6.09 Å². The van der Waals surface area contributed by atoms with E-state index >= 15 is 0 Å². The summed E-state index contributed by atoms with van der Waals surface area (Å²) < 4.78 is 5.18. The number of rotatable bonds is 4. The van der Waals surface area contributed by atoms with Crippen LogP contribution < -0.4 is 16.0 Å². The molecule has 1 aromatic heterocycles. The van der Waals surface area contributed by atoms with Crippen molar-refractivity contribution in [3.05, 3.63) is 24.3 Å². The zero-order valence-electron chi connectivity index (χ0n) is 13.3. The van der Waals surface area contributed by atoms with E-state index in [2.05, 4.69) is 80.3 Å². The van der Waals surface area contributed by atoms with Gasteiger partial charge in [0, 0.05) is 13.1 Å². The van der Waals surface area contributed by atoms with Crippen molar-refractivity contribution in [1.82, 2.24) is 20.6 Å². The van der Waals surface area contributed by atoms with E-state index in [1.54, 1.807) is 0 Å². The topological polar surface area (TPSA) is 91.1 Å². The third-order valence-corrected chi connectivity index (χ3v) is 3.04. The second-order valence-corrected chi connectivity index (χ2v) is 6.30. The third kappa shape index (κ3) is 10.4. The van der Waals surface area contributed by atoms with E-state index in [1.165, 1.54) is 7.11 Å². The number of para-hydroxylation sites is 2. The van der Waals surface area contributed by atoms with E-state index in [4.69, 9.17) is 0 Å². The number of benzene rings is 1. The number of fused-ring (bicyclic) bond motifs is 1. The molecule has 25 heavy (non-hydrogen) atoms. The van der Waals surface area contributed by atoms with E-state index in [0.29, 0.717) is 27.7 Å². The average molecular weight is 467 g/mol.